The minimum atomic E-state index is -0.461. The smallest absolute Gasteiger partial charge is 0.268 e. The molecule has 5 atom stereocenters. The van der Waals surface area contributed by atoms with Crippen molar-refractivity contribution in [3.63, 3.8) is 0 Å². The standard InChI is InChI=1S/C27H42N4O2/c1-19-10-8-11-20(2)30(19)16-6-3-7-17-31-23-14-4-5-15-24(23)33-25(27(31)32)21-12-9-13-22(18-21)26(28)29/h4-5,14-15,19-22,25H,3,6-13,16-18H2,1-2H3,(H3,28,29)/t19-,20+,21?,22?,25?. The number of likely N-dealkylation sites (tertiary alicyclic amines) is 1. The van der Waals surface area contributed by atoms with Crippen LogP contribution >= 0.6 is 0 Å². The molecule has 0 bridgehead atoms. The quantitative estimate of drug-likeness (QED) is 0.330. The molecular formula is C27H42N4O2. The summed E-state index contributed by atoms with van der Waals surface area (Å²) < 4.78 is 6.26. The molecule has 2 fully saturated rings. The molecule has 0 aromatic heterocycles. The Bertz CT molecular complexity index is 818. The van der Waals surface area contributed by atoms with Crippen LogP contribution < -0.4 is 15.4 Å². The summed E-state index contributed by atoms with van der Waals surface area (Å²) in [6, 6.07) is 9.32. The topological polar surface area (TPSA) is 82.7 Å². The molecule has 182 valence electrons. The van der Waals surface area contributed by atoms with Crippen LogP contribution in [0.15, 0.2) is 24.3 Å². The number of carbonyl (C=O) groups excluding carboxylic acids is 1. The number of para-hydroxylation sites is 2. The van der Waals surface area contributed by atoms with Gasteiger partial charge in [-0.15, -0.1) is 0 Å². The lowest BCUT2D eigenvalue weighted by molar-refractivity contribution is -0.129. The van der Waals surface area contributed by atoms with Crippen LogP contribution in [0.3, 0.4) is 0 Å². The number of piperidine rings is 1. The molecule has 3 unspecified atom stereocenters. The first-order valence-electron chi connectivity index (χ1n) is 13.1. The highest BCUT2D eigenvalue weighted by atomic mass is 16.5. The molecule has 1 saturated carbocycles. The highest BCUT2D eigenvalue weighted by molar-refractivity contribution is 6.00. The van der Waals surface area contributed by atoms with Gasteiger partial charge in [-0.2, -0.15) is 0 Å². The van der Waals surface area contributed by atoms with Gasteiger partial charge in [0.05, 0.1) is 11.5 Å². The Morgan fingerprint density at radius 3 is 2.48 bits per heavy atom. The highest BCUT2D eigenvalue weighted by Gasteiger charge is 2.41. The summed E-state index contributed by atoms with van der Waals surface area (Å²) in [6.07, 6.45) is 10.5. The fraction of sp³-hybridized carbons (Fsp3) is 0.704. The lowest BCUT2D eigenvalue weighted by atomic mass is 9.77. The largest absolute Gasteiger partial charge is 0.478 e. The van der Waals surface area contributed by atoms with Crippen LogP contribution in [0.1, 0.15) is 78.1 Å². The van der Waals surface area contributed by atoms with Gasteiger partial charge in [0.25, 0.3) is 5.91 Å². The van der Waals surface area contributed by atoms with Crippen LogP contribution in [-0.4, -0.2) is 47.9 Å². The van der Waals surface area contributed by atoms with Gasteiger partial charge in [0, 0.05) is 30.5 Å². The number of nitrogens with two attached hydrogens (primary N) is 1. The predicted octanol–water partition coefficient (Wildman–Crippen LogP) is 4.96. The Labute approximate surface area is 199 Å². The van der Waals surface area contributed by atoms with Crippen molar-refractivity contribution < 1.29 is 9.53 Å². The van der Waals surface area contributed by atoms with E-state index in [2.05, 4.69) is 18.7 Å². The number of rotatable bonds is 8. The minimum absolute atomic E-state index is 0.0744. The Morgan fingerprint density at radius 2 is 1.73 bits per heavy atom. The molecule has 3 N–H and O–H groups in total. The second kappa shape index (κ2) is 10.9. The van der Waals surface area contributed by atoms with E-state index < -0.39 is 6.10 Å². The van der Waals surface area contributed by atoms with Gasteiger partial charge < -0.3 is 15.4 Å². The number of fused-ring (bicyclic) bond motifs is 1. The molecule has 2 aliphatic heterocycles. The van der Waals surface area contributed by atoms with Crippen molar-refractivity contribution in [1.82, 2.24) is 4.90 Å². The zero-order valence-corrected chi connectivity index (χ0v) is 20.5. The normalized spacial score (nSPS) is 30.5. The van der Waals surface area contributed by atoms with E-state index in [1.54, 1.807) is 0 Å². The molecule has 6 heteroatoms. The summed E-state index contributed by atoms with van der Waals surface area (Å²) in [5.41, 5.74) is 6.71. The number of hydrogen-bond donors (Lipinski definition) is 2. The number of nitrogens with one attached hydrogen (secondary N) is 1. The van der Waals surface area contributed by atoms with Crippen LogP contribution in [0.4, 0.5) is 5.69 Å². The number of unbranched alkanes of at least 4 members (excludes halogenated alkanes) is 2. The van der Waals surface area contributed by atoms with Crippen LogP contribution in [0.5, 0.6) is 5.75 Å². The maximum Gasteiger partial charge on any atom is 0.268 e. The predicted molar refractivity (Wildman–Crippen MR) is 134 cm³/mol. The molecule has 4 rings (SSSR count). The number of nitrogens with zero attached hydrogens (tertiary/aromatic N) is 2. The fourth-order valence-corrected chi connectivity index (χ4v) is 6.21. The monoisotopic (exact) mass is 454 g/mol. The molecule has 1 aromatic carbocycles. The van der Waals surface area contributed by atoms with E-state index in [0.29, 0.717) is 12.1 Å². The van der Waals surface area contributed by atoms with E-state index in [-0.39, 0.29) is 23.6 Å². The summed E-state index contributed by atoms with van der Waals surface area (Å²) in [4.78, 5) is 18.2. The third-order valence-electron chi connectivity index (χ3n) is 8.18. The third kappa shape index (κ3) is 5.53. The van der Waals surface area contributed by atoms with Crippen molar-refractivity contribution in [3.8, 4) is 5.75 Å². The number of benzene rings is 1. The number of ether oxygens (including phenoxy) is 1. The molecule has 2 heterocycles. The van der Waals surface area contributed by atoms with Gasteiger partial charge >= 0.3 is 0 Å². The SMILES string of the molecule is C[C@@H]1CCC[C@H](C)N1CCCCCN1C(=O)C(C2CCCC(C(=N)N)C2)Oc2ccccc21. The van der Waals surface area contributed by atoms with Gasteiger partial charge in [-0.05, 0) is 77.5 Å². The molecule has 33 heavy (non-hydrogen) atoms. The molecule has 1 saturated heterocycles. The average molecular weight is 455 g/mol. The van der Waals surface area contributed by atoms with E-state index in [4.69, 9.17) is 15.9 Å². The Balaban J connectivity index is 1.36. The van der Waals surface area contributed by atoms with Crippen molar-refractivity contribution in [3.05, 3.63) is 24.3 Å². The summed E-state index contributed by atoms with van der Waals surface area (Å²) in [7, 11) is 0. The number of amides is 1. The lowest BCUT2D eigenvalue weighted by Crippen LogP contribution is -2.51. The van der Waals surface area contributed by atoms with E-state index in [1.165, 1.54) is 25.7 Å². The lowest BCUT2D eigenvalue weighted by Gasteiger charge is -2.40. The molecular weight excluding hydrogens is 412 g/mol. The van der Waals surface area contributed by atoms with E-state index in [9.17, 15) is 4.79 Å². The van der Waals surface area contributed by atoms with Gasteiger partial charge in [0.15, 0.2) is 6.10 Å². The minimum Gasteiger partial charge on any atom is -0.478 e. The molecule has 0 radical (unpaired) electrons. The molecule has 3 aliphatic rings. The summed E-state index contributed by atoms with van der Waals surface area (Å²) in [6.45, 7) is 6.62. The second-order valence-electron chi connectivity index (χ2n) is 10.5. The molecule has 1 amide bonds. The zero-order valence-electron chi connectivity index (χ0n) is 20.5. The van der Waals surface area contributed by atoms with Crippen molar-refractivity contribution in [2.45, 2.75) is 96.2 Å². The number of hydrogen-bond acceptors (Lipinski definition) is 4. The van der Waals surface area contributed by atoms with E-state index in [0.717, 1.165) is 63.1 Å². The fourth-order valence-electron chi connectivity index (χ4n) is 6.21. The van der Waals surface area contributed by atoms with Crippen LogP contribution in [0, 0.1) is 17.2 Å². The van der Waals surface area contributed by atoms with Gasteiger partial charge in [0.1, 0.15) is 5.75 Å². The maximum absolute atomic E-state index is 13.6. The Hall–Kier alpha value is -2.08. The summed E-state index contributed by atoms with van der Waals surface area (Å²) >= 11 is 0. The van der Waals surface area contributed by atoms with E-state index >= 15 is 0 Å². The number of carbonyl (C=O) groups is 1. The summed E-state index contributed by atoms with van der Waals surface area (Å²) in [5, 5.41) is 7.87. The third-order valence-corrected chi connectivity index (χ3v) is 8.18. The van der Waals surface area contributed by atoms with Gasteiger partial charge in [-0.25, -0.2) is 0 Å². The average Bonchev–Trinajstić information content (AvgIpc) is 2.81. The van der Waals surface area contributed by atoms with Crippen LogP contribution in [-0.2, 0) is 4.79 Å². The Kier molecular flexibility index (Phi) is 7.94. The van der Waals surface area contributed by atoms with Crippen molar-refractivity contribution >= 4 is 17.4 Å². The van der Waals surface area contributed by atoms with Gasteiger partial charge in [-0.3, -0.25) is 15.1 Å². The van der Waals surface area contributed by atoms with Gasteiger partial charge in [0.2, 0.25) is 0 Å². The maximum atomic E-state index is 13.6. The first-order valence-corrected chi connectivity index (χ1v) is 13.1. The van der Waals surface area contributed by atoms with Crippen LogP contribution in [0.25, 0.3) is 0 Å². The van der Waals surface area contributed by atoms with Gasteiger partial charge in [-0.1, -0.05) is 31.4 Å². The van der Waals surface area contributed by atoms with Crippen LogP contribution in [0.2, 0.25) is 0 Å². The van der Waals surface area contributed by atoms with Crippen molar-refractivity contribution in [1.29, 1.82) is 5.41 Å². The van der Waals surface area contributed by atoms with Crippen molar-refractivity contribution in [2.24, 2.45) is 17.6 Å². The number of amidine groups is 1. The molecule has 1 aliphatic carbocycles. The summed E-state index contributed by atoms with van der Waals surface area (Å²) in [5.74, 6) is 1.34. The first-order chi connectivity index (χ1) is 16.0. The molecule has 6 nitrogen and oxygen atoms in total. The molecule has 1 aromatic rings. The second-order valence-corrected chi connectivity index (χ2v) is 10.5. The first kappa shape index (κ1) is 24.1. The Morgan fingerprint density at radius 1 is 1.03 bits per heavy atom. The van der Waals surface area contributed by atoms with Crippen molar-refractivity contribution in [2.75, 3.05) is 18.0 Å². The highest BCUT2D eigenvalue weighted by Crippen LogP contribution is 2.40. The van der Waals surface area contributed by atoms with E-state index in [1.807, 2.05) is 29.2 Å². The number of anilines is 1. The zero-order chi connectivity index (χ0) is 23.4. The molecule has 0 spiro atoms.